The van der Waals surface area contributed by atoms with E-state index in [1.54, 1.807) is 0 Å². The Hall–Kier alpha value is 1.98. The molecule has 0 unspecified atom stereocenters. The third-order valence-electron chi connectivity index (χ3n) is 1.64. The Morgan fingerprint density at radius 3 is 1.71 bits per heavy atom. The Morgan fingerprint density at radius 2 is 1.35 bits per heavy atom. The molecule has 0 aliphatic heterocycles. The molecule has 0 amide bonds. The van der Waals surface area contributed by atoms with Crippen molar-refractivity contribution in [1.82, 2.24) is 0 Å². The number of hydrogen-bond donors (Lipinski definition) is 1. The molecule has 0 fully saturated rings. The molecule has 0 heterocycles. The van der Waals surface area contributed by atoms with Gasteiger partial charge in [0.2, 0.25) is 0 Å². The number of rotatable bonds is 0. The molecule has 0 aromatic heterocycles. The zero-order valence-corrected chi connectivity index (χ0v) is 18.6. The van der Waals surface area contributed by atoms with E-state index in [0.717, 1.165) is 4.90 Å². The minimum absolute atomic E-state index is 0. The predicted octanol–water partition coefficient (Wildman–Crippen LogP) is 5.09. The average Bonchev–Trinajstić information content (AvgIpc) is 2.26. The average molecular weight is 589 g/mol. The molecule has 0 atom stereocenters. The van der Waals surface area contributed by atoms with E-state index < -0.39 is 0 Å². The first kappa shape index (κ1) is 19.0. The Morgan fingerprint density at radius 1 is 0.765 bits per heavy atom. The standard InChI is InChI=1S/C6H3I3.C6H6S.Na/c7-4-1-2-5(8)6(9)3-4;7-6-4-2-1-3-5-6;/h1-3H;1-5,7H;. The first-order chi connectivity index (χ1) is 7.59. The van der Waals surface area contributed by atoms with E-state index >= 15 is 0 Å². The van der Waals surface area contributed by atoms with Crippen molar-refractivity contribution in [2.24, 2.45) is 0 Å². The summed E-state index contributed by atoms with van der Waals surface area (Å²) in [6, 6.07) is 16.2. The van der Waals surface area contributed by atoms with Crippen molar-refractivity contribution in [3.63, 3.8) is 0 Å². The quantitative estimate of drug-likeness (QED) is 0.188. The van der Waals surface area contributed by atoms with Crippen molar-refractivity contribution >= 4 is 110 Å². The zero-order valence-electron chi connectivity index (χ0n) is 9.20. The smallest absolute Gasteiger partial charge is 0.0274 e. The molecule has 17 heavy (non-hydrogen) atoms. The molecule has 5 heteroatoms. The third kappa shape index (κ3) is 8.69. The first-order valence-electron chi connectivity index (χ1n) is 4.44. The molecule has 2 aromatic carbocycles. The molecule has 85 valence electrons. The van der Waals surface area contributed by atoms with Gasteiger partial charge in [0.15, 0.2) is 0 Å². The van der Waals surface area contributed by atoms with Gasteiger partial charge in [0.05, 0.1) is 0 Å². The Balaban J connectivity index is 0.000000292. The van der Waals surface area contributed by atoms with Gasteiger partial charge in [-0.3, -0.25) is 0 Å². The summed E-state index contributed by atoms with van der Waals surface area (Å²) in [4.78, 5) is 1.02. The van der Waals surface area contributed by atoms with Gasteiger partial charge in [-0.25, -0.2) is 0 Å². The van der Waals surface area contributed by atoms with Crippen LogP contribution in [0.5, 0.6) is 0 Å². The maximum atomic E-state index is 4.08. The van der Waals surface area contributed by atoms with Gasteiger partial charge >= 0.3 is 0 Å². The second kappa shape index (κ2) is 10.7. The third-order valence-corrected chi connectivity index (χ3v) is 5.47. The van der Waals surface area contributed by atoms with Crippen molar-refractivity contribution in [2.45, 2.75) is 4.90 Å². The summed E-state index contributed by atoms with van der Waals surface area (Å²) in [5.41, 5.74) is 0. The Kier molecular flexibility index (Phi) is 12.0. The molecule has 0 nitrogen and oxygen atoms in total. The summed E-state index contributed by atoms with van der Waals surface area (Å²) >= 11 is 11.1. The molecule has 1 radical (unpaired) electrons. The second-order valence-corrected chi connectivity index (χ2v) is 6.98. The molecule has 2 rings (SSSR count). The van der Waals surface area contributed by atoms with Crippen LogP contribution < -0.4 is 0 Å². The molecule has 0 bridgehead atoms. The summed E-state index contributed by atoms with van der Waals surface area (Å²) in [6.07, 6.45) is 0. The zero-order chi connectivity index (χ0) is 12.0. The van der Waals surface area contributed by atoms with E-state index in [-0.39, 0.29) is 29.6 Å². The van der Waals surface area contributed by atoms with E-state index in [9.17, 15) is 0 Å². The minimum atomic E-state index is 0. The number of halogens is 3. The topological polar surface area (TPSA) is 0 Å². The molecule has 0 saturated carbocycles. The van der Waals surface area contributed by atoms with Gasteiger partial charge in [-0.2, -0.15) is 0 Å². The van der Waals surface area contributed by atoms with Gasteiger partial charge in [-0.15, -0.1) is 12.6 Å². The van der Waals surface area contributed by atoms with E-state index in [2.05, 4.69) is 98.6 Å². The monoisotopic (exact) mass is 589 g/mol. The van der Waals surface area contributed by atoms with Crippen LogP contribution in [0.2, 0.25) is 0 Å². The first-order valence-corrected chi connectivity index (χ1v) is 8.12. The number of benzene rings is 2. The van der Waals surface area contributed by atoms with Crippen LogP contribution in [0.4, 0.5) is 0 Å². The minimum Gasteiger partial charge on any atom is -0.143 e. The molecule has 0 N–H and O–H groups in total. The summed E-state index contributed by atoms with van der Waals surface area (Å²) in [7, 11) is 0. The normalized spacial score (nSPS) is 8.71. The number of hydrogen-bond acceptors (Lipinski definition) is 1. The van der Waals surface area contributed by atoms with E-state index in [1.807, 2.05) is 30.3 Å². The van der Waals surface area contributed by atoms with Crippen molar-refractivity contribution in [1.29, 1.82) is 0 Å². The van der Waals surface area contributed by atoms with Crippen molar-refractivity contribution < 1.29 is 0 Å². The maximum absolute atomic E-state index is 4.08. The maximum Gasteiger partial charge on any atom is 0.0274 e. The van der Waals surface area contributed by atoms with Crippen LogP contribution in [0.1, 0.15) is 0 Å². The summed E-state index contributed by atoms with van der Waals surface area (Å²) in [5.74, 6) is 0. The number of thiol groups is 1. The van der Waals surface area contributed by atoms with Crippen molar-refractivity contribution in [2.75, 3.05) is 0 Å². The fraction of sp³-hybridized carbons (Fsp3) is 0. The van der Waals surface area contributed by atoms with Gasteiger partial charge in [-0.05, 0) is 98.1 Å². The van der Waals surface area contributed by atoms with Gasteiger partial charge in [0.1, 0.15) is 0 Å². The summed E-state index contributed by atoms with van der Waals surface area (Å²) in [6.45, 7) is 0. The van der Waals surface area contributed by atoms with Gasteiger partial charge in [0.25, 0.3) is 0 Å². The van der Waals surface area contributed by atoms with Crippen LogP contribution in [-0.2, 0) is 0 Å². The molecule has 0 saturated heterocycles. The van der Waals surface area contributed by atoms with E-state index in [1.165, 1.54) is 10.7 Å². The van der Waals surface area contributed by atoms with Crippen LogP contribution >= 0.6 is 80.4 Å². The van der Waals surface area contributed by atoms with Crippen LogP contribution in [0, 0.1) is 10.7 Å². The van der Waals surface area contributed by atoms with Crippen molar-refractivity contribution in [3.05, 3.63) is 59.2 Å². The van der Waals surface area contributed by atoms with E-state index in [4.69, 9.17) is 0 Å². The largest absolute Gasteiger partial charge is 0.143 e. The van der Waals surface area contributed by atoms with Gasteiger partial charge in [-0.1, -0.05) is 18.2 Å². The molecular weight excluding hydrogens is 580 g/mol. The molecular formula is C12H9I3NaS. The van der Waals surface area contributed by atoms with Crippen LogP contribution in [0.3, 0.4) is 0 Å². The van der Waals surface area contributed by atoms with Gasteiger partial charge in [0, 0.05) is 45.2 Å². The molecule has 0 aliphatic rings. The predicted molar refractivity (Wildman–Crippen MR) is 104 cm³/mol. The molecule has 2 aromatic rings. The van der Waals surface area contributed by atoms with Crippen LogP contribution in [0.25, 0.3) is 0 Å². The van der Waals surface area contributed by atoms with Crippen LogP contribution in [0.15, 0.2) is 53.4 Å². The molecule has 0 aliphatic carbocycles. The van der Waals surface area contributed by atoms with Crippen LogP contribution in [-0.4, -0.2) is 29.6 Å². The second-order valence-electron chi connectivity index (χ2n) is 2.89. The van der Waals surface area contributed by atoms with E-state index in [0.29, 0.717) is 0 Å². The van der Waals surface area contributed by atoms with Crippen molar-refractivity contribution in [3.8, 4) is 0 Å². The Bertz CT molecular complexity index is 449. The fourth-order valence-corrected chi connectivity index (χ4v) is 3.01. The summed E-state index contributed by atoms with van der Waals surface area (Å²) in [5, 5.41) is 0. The fourth-order valence-electron chi connectivity index (χ4n) is 0.898. The Labute approximate surface area is 171 Å². The SMILES string of the molecule is Ic1ccc(I)c(I)c1.Sc1ccccc1.[Na]. The molecule has 0 spiro atoms. The summed E-state index contributed by atoms with van der Waals surface area (Å²) < 4.78 is 3.96. The van der Waals surface area contributed by atoms with Gasteiger partial charge < -0.3 is 0 Å².